The molecule has 0 saturated heterocycles. The van der Waals surface area contributed by atoms with Crippen LogP contribution in [0.4, 0.5) is 0 Å². The minimum Gasteiger partial charge on any atom is -0.330 e. The van der Waals surface area contributed by atoms with Gasteiger partial charge in [-0.3, -0.25) is 4.57 Å². The van der Waals surface area contributed by atoms with E-state index in [1.165, 1.54) is 0 Å². The maximum absolute atomic E-state index is 5.77. The van der Waals surface area contributed by atoms with Crippen molar-refractivity contribution in [1.82, 2.24) is 9.55 Å². The molecule has 0 spiro atoms. The first kappa shape index (κ1) is 12.9. The van der Waals surface area contributed by atoms with Gasteiger partial charge in [-0.05, 0) is 36.7 Å². The minimum absolute atomic E-state index is 0.425. The van der Waals surface area contributed by atoms with E-state index in [1.807, 2.05) is 12.1 Å². The molecule has 0 radical (unpaired) electrons. The number of hydrogen-bond donors (Lipinski definition) is 1. The Morgan fingerprint density at radius 1 is 1.05 bits per heavy atom. The van der Waals surface area contributed by atoms with Crippen LogP contribution in [0.15, 0.2) is 54.6 Å². The van der Waals surface area contributed by atoms with E-state index in [9.17, 15) is 0 Å². The molecule has 0 aliphatic carbocycles. The van der Waals surface area contributed by atoms with E-state index in [4.69, 9.17) is 10.7 Å². The van der Waals surface area contributed by atoms with Crippen molar-refractivity contribution in [2.75, 3.05) is 6.54 Å². The van der Waals surface area contributed by atoms with Gasteiger partial charge in [-0.15, -0.1) is 0 Å². The van der Waals surface area contributed by atoms with Crippen molar-refractivity contribution >= 4 is 11.0 Å². The molecule has 3 nitrogen and oxygen atoms in total. The lowest BCUT2D eigenvalue weighted by Gasteiger charge is -2.12. The summed E-state index contributed by atoms with van der Waals surface area (Å²) in [5, 5.41) is 0. The quantitative estimate of drug-likeness (QED) is 0.787. The molecule has 1 unspecified atom stereocenters. The van der Waals surface area contributed by atoms with Gasteiger partial charge in [0.05, 0.1) is 11.0 Å². The number of hydrogen-bond acceptors (Lipinski definition) is 2. The van der Waals surface area contributed by atoms with Crippen LogP contribution in [-0.2, 0) is 6.42 Å². The average molecular weight is 265 g/mol. The molecule has 3 aromatic rings. The maximum Gasteiger partial charge on any atom is 0.114 e. The summed E-state index contributed by atoms with van der Waals surface area (Å²) in [5.74, 6) is 1.50. The van der Waals surface area contributed by atoms with E-state index < -0.39 is 0 Å². The van der Waals surface area contributed by atoms with E-state index in [1.54, 1.807) is 0 Å². The molecule has 2 N–H and O–H groups in total. The smallest absolute Gasteiger partial charge is 0.114 e. The fraction of sp³-hybridized carbons (Fsp3) is 0.235. The van der Waals surface area contributed by atoms with Gasteiger partial charge in [0.25, 0.3) is 0 Å². The number of imidazole rings is 1. The first-order valence-electron chi connectivity index (χ1n) is 7.01. The lowest BCUT2D eigenvalue weighted by molar-refractivity contribution is 0.570. The predicted octanol–water partition coefficient (Wildman–Crippen LogP) is 3.16. The molecular formula is C17H19N3. The van der Waals surface area contributed by atoms with Crippen LogP contribution in [0.2, 0.25) is 0 Å². The summed E-state index contributed by atoms with van der Waals surface area (Å²) in [7, 11) is 0. The lowest BCUT2D eigenvalue weighted by atomic mass is 10.1. The molecule has 0 bridgehead atoms. The highest BCUT2D eigenvalue weighted by molar-refractivity contribution is 5.78. The summed E-state index contributed by atoms with van der Waals surface area (Å²) in [6.07, 6.45) is 0.889. The highest BCUT2D eigenvalue weighted by atomic mass is 15.1. The fourth-order valence-electron chi connectivity index (χ4n) is 2.47. The maximum atomic E-state index is 5.77. The van der Waals surface area contributed by atoms with Crippen LogP contribution in [0.5, 0.6) is 0 Å². The second-order valence-corrected chi connectivity index (χ2v) is 5.23. The summed E-state index contributed by atoms with van der Waals surface area (Å²) < 4.78 is 2.24. The van der Waals surface area contributed by atoms with Gasteiger partial charge in [0.2, 0.25) is 0 Å². The topological polar surface area (TPSA) is 43.8 Å². The third-order valence-corrected chi connectivity index (χ3v) is 3.58. The number of fused-ring (bicyclic) bond motifs is 1. The van der Waals surface area contributed by atoms with Crippen molar-refractivity contribution in [3.63, 3.8) is 0 Å². The van der Waals surface area contributed by atoms with Crippen molar-refractivity contribution in [2.45, 2.75) is 13.3 Å². The number of aromatic nitrogens is 2. The average Bonchev–Trinajstić information content (AvgIpc) is 2.85. The zero-order chi connectivity index (χ0) is 13.9. The van der Waals surface area contributed by atoms with Crippen LogP contribution in [0, 0.1) is 5.92 Å². The summed E-state index contributed by atoms with van der Waals surface area (Å²) >= 11 is 0. The van der Waals surface area contributed by atoms with Gasteiger partial charge in [0.15, 0.2) is 0 Å². The molecule has 102 valence electrons. The Balaban J connectivity index is 2.18. The molecule has 20 heavy (non-hydrogen) atoms. The summed E-state index contributed by atoms with van der Waals surface area (Å²) in [4.78, 5) is 4.78. The number of nitrogens with zero attached hydrogens (tertiary/aromatic N) is 2. The Morgan fingerprint density at radius 3 is 2.50 bits per heavy atom. The standard InChI is InChI=1S/C17H19N3/c1-13(12-18)11-17-19-15-9-5-6-10-16(15)20(17)14-7-3-2-4-8-14/h2-10,13H,11-12,18H2,1H3. The van der Waals surface area contributed by atoms with E-state index in [0.717, 1.165) is 29.0 Å². The minimum atomic E-state index is 0.425. The van der Waals surface area contributed by atoms with Crippen LogP contribution in [0.3, 0.4) is 0 Å². The third kappa shape index (κ3) is 2.32. The van der Waals surface area contributed by atoms with Gasteiger partial charge >= 0.3 is 0 Å². The molecule has 0 amide bonds. The Bertz CT molecular complexity index is 701. The van der Waals surface area contributed by atoms with E-state index >= 15 is 0 Å². The molecule has 1 aromatic heterocycles. The first-order chi connectivity index (χ1) is 9.79. The van der Waals surface area contributed by atoms with E-state index in [-0.39, 0.29) is 0 Å². The van der Waals surface area contributed by atoms with Gasteiger partial charge in [0, 0.05) is 12.1 Å². The largest absolute Gasteiger partial charge is 0.330 e. The van der Waals surface area contributed by atoms with Crippen molar-refractivity contribution < 1.29 is 0 Å². The molecule has 3 heteroatoms. The molecule has 0 aliphatic heterocycles. The highest BCUT2D eigenvalue weighted by Gasteiger charge is 2.13. The fourth-order valence-corrected chi connectivity index (χ4v) is 2.47. The van der Waals surface area contributed by atoms with Gasteiger partial charge in [-0.1, -0.05) is 37.3 Å². The number of rotatable bonds is 4. The van der Waals surface area contributed by atoms with Crippen LogP contribution in [-0.4, -0.2) is 16.1 Å². The van der Waals surface area contributed by atoms with Crippen LogP contribution >= 0.6 is 0 Å². The predicted molar refractivity (Wildman–Crippen MR) is 83.0 cm³/mol. The van der Waals surface area contributed by atoms with Crippen molar-refractivity contribution in [2.24, 2.45) is 11.7 Å². The molecule has 2 aromatic carbocycles. The summed E-state index contributed by atoms with van der Waals surface area (Å²) in [6, 6.07) is 18.6. The molecular weight excluding hydrogens is 246 g/mol. The Kier molecular flexibility index (Phi) is 3.52. The van der Waals surface area contributed by atoms with Crippen molar-refractivity contribution in [3.05, 3.63) is 60.4 Å². The summed E-state index contributed by atoms with van der Waals surface area (Å²) in [5.41, 5.74) is 9.11. The number of para-hydroxylation sites is 3. The molecule has 0 fully saturated rings. The first-order valence-corrected chi connectivity index (χ1v) is 7.01. The van der Waals surface area contributed by atoms with Crippen molar-refractivity contribution in [3.8, 4) is 5.69 Å². The third-order valence-electron chi connectivity index (χ3n) is 3.58. The van der Waals surface area contributed by atoms with Gasteiger partial charge in [-0.25, -0.2) is 4.98 Å². The Morgan fingerprint density at radius 2 is 1.75 bits per heavy atom. The Hall–Kier alpha value is -2.13. The number of nitrogens with two attached hydrogens (primary N) is 1. The van der Waals surface area contributed by atoms with Gasteiger partial charge in [0.1, 0.15) is 5.82 Å². The molecule has 3 rings (SSSR count). The second kappa shape index (κ2) is 5.47. The summed E-state index contributed by atoms with van der Waals surface area (Å²) in [6.45, 7) is 2.84. The monoisotopic (exact) mass is 265 g/mol. The van der Waals surface area contributed by atoms with Gasteiger partial charge in [-0.2, -0.15) is 0 Å². The number of benzene rings is 2. The van der Waals surface area contributed by atoms with Crippen molar-refractivity contribution in [1.29, 1.82) is 0 Å². The normalized spacial score (nSPS) is 12.7. The SMILES string of the molecule is CC(CN)Cc1nc2ccccc2n1-c1ccccc1. The van der Waals surface area contributed by atoms with Crippen LogP contribution in [0.25, 0.3) is 16.7 Å². The Labute approximate surface area is 119 Å². The van der Waals surface area contributed by atoms with Crippen LogP contribution in [0.1, 0.15) is 12.7 Å². The van der Waals surface area contributed by atoms with Gasteiger partial charge < -0.3 is 5.73 Å². The van der Waals surface area contributed by atoms with Crippen LogP contribution < -0.4 is 5.73 Å². The molecule has 0 aliphatic rings. The zero-order valence-corrected chi connectivity index (χ0v) is 11.7. The van der Waals surface area contributed by atoms with E-state index in [0.29, 0.717) is 12.5 Å². The lowest BCUT2D eigenvalue weighted by Crippen LogP contribution is -2.15. The highest BCUT2D eigenvalue weighted by Crippen LogP contribution is 2.22. The molecule has 1 atom stereocenters. The second-order valence-electron chi connectivity index (χ2n) is 5.23. The zero-order valence-electron chi connectivity index (χ0n) is 11.7. The molecule has 1 heterocycles. The molecule has 0 saturated carbocycles. The van der Waals surface area contributed by atoms with E-state index in [2.05, 4.69) is 54.0 Å².